The van der Waals surface area contributed by atoms with Crippen LogP contribution in [-0.2, 0) is 6.54 Å². The number of rotatable bonds is 3. The fraction of sp³-hybridized carbons (Fsp3) is 0.333. The zero-order valence-electron chi connectivity index (χ0n) is 9.43. The average molecular weight is 233 g/mol. The quantitative estimate of drug-likeness (QED) is 0.742. The second kappa shape index (κ2) is 4.64. The van der Waals surface area contributed by atoms with E-state index in [0.29, 0.717) is 22.8 Å². The Balaban J connectivity index is 2.07. The lowest BCUT2D eigenvalue weighted by molar-refractivity contribution is 0.0948. The van der Waals surface area contributed by atoms with Gasteiger partial charge in [0.05, 0.1) is 23.5 Å². The van der Waals surface area contributed by atoms with Crippen LogP contribution in [0.4, 0.5) is 0 Å². The topological polar surface area (TPSA) is 109 Å². The van der Waals surface area contributed by atoms with Crippen LogP contribution in [0.25, 0.3) is 0 Å². The number of nitrogens with zero attached hydrogens (tertiary/aromatic N) is 5. The molecule has 8 nitrogen and oxygen atoms in total. The summed E-state index contributed by atoms with van der Waals surface area (Å²) in [6, 6.07) is 1.69. The van der Waals surface area contributed by atoms with Crippen molar-refractivity contribution in [1.82, 2.24) is 36.1 Å². The lowest BCUT2D eigenvalue weighted by atomic mass is 10.2. The van der Waals surface area contributed by atoms with Crippen LogP contribution in [0, 0.1) is 13.8 Å². The number of amides is 1. The molecule has 0 unspecified atom stereocenters. The van der Waals surface area contributed by atoms with Gasteiger partial charge in [-0.15, -0.1) is 10.2 Å². The lowest BCUT2D eigenvalue weighted by Gasteiger charge is -2.05. The van der Waals surface area contributed by atoms with Crippen molar-refractivity contribution >= 4 is 5.91 Å². The van der Waals surface area contributed by atoms with Crippen LogP contribution in [-0.4, -0.2) is 36.7 Å². The summed E-state index contributed by atoms with van der Waals surface area (Å²) in [5.74, 6) is 0.194. The Labute approximate surface area is 96.8 Å². The summed E-state index contributed by atoms with van der Waals surface area (Å²) in [6.07, 6.45) is 0. The molecule has 0 fully saturated rings. The van der Waals surface area contributed by atoms with Gasteiger partial charge in [-0.2, -0.15) is 15.4 Å². The summed E-state index contributed by atoms with van der Waals surface area (Å²) >= 11 is 0. The molecule has 1 amide bonds. The summed E-state index contributed by atoms with van der Waals surface area (Å²) in [7, 11) is 0. The second-order valence-electron chi connectivity index (χ2n) is 3.50. The summed E-state index contributed by atoms with van der Waals surface area (Å²) in [5, 5.41) is 23.6. The van der Waals surface area contributed by atoms with Gasteiger partial charge in [-0.1, -0.05) is 5.21 Å². The Morgan fingerprint density at radius 3 is 2.88 bits per heavy atom. The molecule has 0 atom stereocenters. The monoisotopic (exact) mass is 233 g/mol. The van der Waals surface area contributed by atoms with Gasteiger partial charge < -0.3 is 5.32 Å². The molecule has 2 aromatic heterocycles. The van der Waals surface area contributed by atoms with Gasteiger partial charge in [0.1, 0.15) is 0 Å². The van der Waals surface area contributed by atoms with Crippen molar-refractivity contribution in [2.24, 2.45) is 0 Å². The number of aromatic amines is 1. The van der Waals surface area contributed by atoms with E-state index in [0.717, 1.165) is 0 Å². The van der Waals surface area contributed by atoms with Crippen molar-refractivity contribution < 1.29 is 4.79 Å². The first-order valence-electron chi connectivity index (χ1n) is 4.98. The fourth-order valence-electron chi connectivity index (χ4n) is 1.29. The van der Waals surface area contributed by atoms with E-state index in [2.05, 4.69) is 36.1 Å². The minimum atomic E-state index is -0.231. The summed E-state index contributed by atoms with van der Waals surface area (Å²) in [6.45, 7) is 3.73. The van der Waals surface area contributed by atoms with Gasteiger partial charge in [0, 0.05) is 0 Å². The largest absolute Gasteiger partial charge is 0.345 e. The molecule has 0 spiro atoms. The smallest absolute Gasteiger partial charge is 0.253 e. The molecule has 2 heterocycles. The van der Waals surface area contributed by atoms with E-state index >= 15 is 0 Å². The molecule has 2 aromatic rings. The van der Waals surface area contributed by atoms with Crippen LogP contribution >= 0.6 is 0 Å². The Morgan fingerprint density at radius 2 is 2.18 bits per heavy atom. The second-order valence-corrected chi connectivity index (χ2v) is 3.50. The molecule has 0 bridgehead atoms. The molecular weight excluding hydrogens is 222 g/mol. The first kappa shape index (κ1) is 11.1. The number of H-pyrrole nitrogens is 1. The Hall–Kier alpha value is -2.38. The third-order valence-corrected chi connectivity index (χ3v) is 2.14. The number of hydrogen-bond donors (Lipinski definition) is 2. The predicted molar refractivity (Wildman–Crippen MR) is 56.9 cm³/mol. The maximum absolute atomic E-state index is 11.8. The van der Waals surface area contributed by atoms with Crippen molar-refractivity contribution in [1.29, 1.82) is 0 Å². The van der Waals surface area contributed by atoms with Gasteiger partial charge in [-0.25, -0.2) is 0 Å². The zero-order valence-corrected chi connectivity index (χ0v) is 9.43. The molecule has 0 aliphatic rings. The number of carbonyl (C=O) groups is 1. The first-order valence-corrected chi connectivity index (χ1v) is 4.98. The summed E-state index contributed by atoms with van der Waals surface area (Å²) in [5.41, 5.74) is 1.78. The van der Waals surface area contributed by atoms with E-state index in [4.69, 9.17) is 0 Å². The molecule has 2 rings (SSSR count). The maximum Gasteiger partial charge on any atom is 0.253 e. The molecule has 0 aromatic carbocycles. The van der Waals surface area contributed by atoms with E-state index in [-0.39, 0.29) is 12.5 Å². The molecular formula is C9H11N7O. The number of aryl methyl sites for hydroxylation is 2. The normalized spacial score (nSPS) is 10.2. The van der Waals surface area contributed by atoms with E-state index in [1.165, 1.54) is 0 Å². The molecule has 0 radical (unpaired) electrons. The van der Waals surface area contributed by atoms with E-state index < -0.39 is 0 Å². The van der Waals surface area contributed by atoms with Crippen molar-refractivity contribution in [2.45, 2.75) is 20.4 Å². The molecule has 0 saturated carbocycles. The summed E-state index contributed by atoms with van der Waals surface area (Å²) in [4.78, 5) is 11.8. The van der Waals surface area contributed by atoms with Crippen LogP contribution < -0.4 is 5.32 Å². The highest BCUT2D eigenvalue weighted by molar-refractivity contribution is 5.95. The third kappa shape index (κ3) is 2.60. The van der Waals surface area contributed by atoms with Crippen LogP contribution in [0.3, 0.4) is 0 Å². The predicted octanol–water partition coefficient (Wildman–Crippen LogP) is -0.463. The number of carbonyl (C=O) groups excluding carboxylic acids is 1. The van der Waals surface area contributed by atoms with Crippen molar-refractivity contribution in [3.63, 3.8) is 0 Å². The SMILES string of the molecule is Cc1cc(C(=O)NCc2nn[nH]n2)c(C)nn1. The minimum Gasteiger partial charge on any atom is -0.345 e. The van der Waals surface area contributed by atoms with Crippen LogP contribution in [0.1, 0.15) is 27.6 Å². The van der Waals surface area contributed by atoms with E-state index in [1.54, 1.807) is 19.9 Å². The highest BCUT2D eigenvalue weighted by atomic mass is 16.1. The Kier molecular flexibility index (Phi) is 3.03. The molecule has 2 N–H and O–H groups in total. The van der Waals surface area contributed by atoms with Crippen LogP contribution in [0.15, 0.2) is 6.07 Å². The first-order chi connectivity index (χ1) is 8.16. The van der Waals surface area contributed by atoms with Crippen molar-refractivity contribution in [2.75, 3.05) is 0 Å². The summed E-state index contributed by atoms with van der Waals surface area (Å²) < 4.78 is 0. The highest BCUT2D eigenvalue weighted by Crippen LogP contribution is 2.05. The number of hydrogen-bond acceptors (Lipinski definition) is 6. The molecule has 17 heavy (non-hydrogen) atoms. The van der Waals surface area contributed by atoms with Gasteiger partial charge >= 0.3 is 0 Å². The van der Waals surface area contributed by atoms with Gasteiger partial charge in [-0.3, -0.25) is 4.79 Å². The van der Waals surface area contributed by atoms with Crippen LogP contribution in [0.2, 0.25) is 0 Å². The number of nitrogens with one attached hydrogen (secondary N) is 2. The molecule has 0 aliphatic carbocycles. The molecule has 0 saturated heterocycles. The molecule has 0 aliphatic heterocycles. The Morgan fingerprint density at radius 1 is 1.35 bits per heavy atom. The third-order valence-electron chi connectivity index (χ3n) is 2.14. The van der Waals surface area contributed by atoms with Gasteiger partial charge in [-0.05, 0) is 19.9 Å². The Bertz CT molecular complexity index is 522. The van der Waals surface area contributed by atoms with E-state index in [1.807, 2.05) is 0 Å². The van der Waals surface area contributed by atoms with E-state index in [9.17, 15) is 4.79 Å². The number of tetrazole rings is 1. The highest BCUT2D eigenvalue weighted by Gasteiger charge is 2.11. The van der Waals surface area contributed by atoms with Gasteiger partial charge in [0.25, 0.3) is 5.91 Å². The van der Waals surface area contributed by atoms with Crippen LogP contribution in [0.5, 0.6) is 0 Å². The fourth-order valence-corrected chi connectivity index (χ4v) is 1.29. The minimum absolute atomic E-state index is 0.218. The standard InChI is InChI=1S/C9H11N7O/c1-5-3-7(6(2)12-11-5)9(17)10-4-8-13-15-16-14-8/h3H,4H2,1-2H3,(H,10,17)(H,13,14,15,16). The molecule has 88 valence electrons. The molecule has 8 heteroatoms. The number of aromatic nitrogens is 6. The van der Waals surface area contributed by atoms with Crippen molar-refractivity contribution in [3.8, 4) is 0 Å². The van der Waals surface area contributed by atoms with Crippen molar-refractivity contribution in [3.05, 3.63) is 28.8 Å². The zero-order chi connectivity index (χ0) is 12.3. The maximum atomic E-state index is 11.8. The lowest BCUT2D eigenvalue weighted by Crippen LogP contribution is -2.25. The van der Waals surface area contributed by atoms with Gasteiger partial charge in [0.15, 0.2) is 5.82 Å². The van der Waals surface area contributed by atoms with Gasteiger partial charge in [0.2, 0.25) is 0 Å². The average Bonchev–Trinajstić information content (AvgIpc) is 2.82.